The lowest BCUT2D eigenvalue weighted by Gasteiger charge is -2.25. The lowest BCUT2D eigenvalue weighted by atomic mass is 10.0. The van der Waals surface area contributed by atoms with Gasteiger partial charge < -0.3 is 14.4 Å². The van der Waals surface area contributed by atoms with Crippen molar-refractivity contribution in [3.05, 3.63) is 81.5 Å². The molecule has 1 atom stereocenters. The fraction of sp³-hybridized carbons (Fsp3) is 0.292. The number of benzene rings is 2. The highest BCUT2D eigenvalue weighted by molar-refractivity contribution is 5.92. The molecule has 1 fully saturated rings. The van der Waals surface area contributed by atoms with Gasteiger partial charge in [-0.1, -0.05) is 18.2 Å². The minimum Gasteiger partial charge on any atom is -0.493 e. The van der Waals surface area contributed by atoms with Crippen LogP contribution in [0.5, 0.6) is 11.5 Å². The van der Waals surface area contributed by atoms with E-state index in [1.807, 2.05) is 12.1 Å². The van der Waals surface area contributed by atoms with Crippen molar-refractivity contribution in [3.8, 4) is 17.2 Å². The molecule has 2 aromatic carbocycles. The largest absolute Gasteiger partial charge is 0.493 e. The summed E-state index contributed by atoms with van der Waals surface area (Å²) in [7, 11) is 3.12. The van der Waals surface area contributed by atoms with Crippen LogP contribution in [0.15, 0.2) is 53.3 Å². The molecule has 0 bridgehead atoms. The number of nitrogens with zero attached hydrogens (tertiary/aromatic N) is 3. The maximum atomic E-state index is 14.3. The van der Waals surface area contributed by atoms with Gasteiger partial charge in [-0.05, 0) is 49.6 Å². The predicted octanol–water partition coefficient (Wildman–Crippen LogP) is 3.67. The van der Waals surface area contributed by atoms with E-state index in [0.717, 1.165) is 18.4 Å². The number of likely N-dealkylation sites (tertiary alicyclic amines) is 1. The molecule has 0 spiro atoms. The normalized spacial score (nSPS) is 15.6. The second-order valence-corrected chi connectivity index (χ2v) is 7.63. The predicted molar refractivity (Wildman–Crippen MR) is 117 cm³/mol. The summed E-state index contributed by atoms with van der Waals surface area (Å²) in [5, 5.41) is 4.26. The molecule has 4 rings (SSSR count). The smallest absolute Gasteiger partial charge is 0.278 e. The third kappa shape index (κ3) is 3.84. The van der Waals surface area contributed by atoms with Crippen LogP contribution in [0.25, 0.3) is 5.69 Å². The fourth-order valence-electron chi connectivity index (χ4n) is 4.12. The Morgan fingerprint density at radius 2 is 1.84 bits per heavy atom. The molecule has 0 unspecified atom stereocenters. The second kappa shape index (κ2) is 8.82. The van der Waals surface area contributed by atoms with Crippen molar-refractivity contribution in [3.63, 3.8) is 0 Å². The summed E-state index contributed by atoms with van der Waals surface area (Å²) in [6.45, 7) is 2.14. The molecule has 166 valence electrons. The molecule has 1 aliphatic heterocycles. The molecule has 1 amide bonds. The summed E-state index contributed by atoms with van der Waals surface area (Å²) in [5.41, 5.74) is 0.783. The Morgan fingerprint density at radius 3 is 2.56 bits per heavy atom. The Bertz CT molecular complexity index is 1220. The average molecular weight is 437 g/mol. The number of methoxy groups -OCH3 is 2. The van der Waals surface area contributed by atoms with E-state index in [9.17, 15) is 14.0 Å². The molecular formula is C24H24FN3O4. The van der Waals surface area contributed by atoms with E-state index in [2.05, 4.69) is 5.10 Å². The third-order valence-electron chi connectivity index (χ3n) is 5.70. The molecule has 8 heteroatoms. The van der Waals surface area contributed by atoms with Crippen molar-refractivity contribution >= 4 is 5.91 Å². The maximum Gasteiger partial charge on any atom is 0.278 e. The molecule has 1 saturated heterocycles. The van der Waals surface area contributed by atoms with Crippen LogP contribution in [0.4, 0.5) is 4.39 Å². The van der Waals surface area contributed by atoms with Crippen molar-refractivity contribution in [2.75, 3.05) is 20.8 Å². The van der Waals surface area contributed by atoms with Crippen LogP contribution in [0.3, 0.4) is 0 Å². The highest BCUT2D eigenvalue weighted by atomic mass is 19.1. The summed E-state index contributed by atoms with van der Waals surface area (Å²) in [6, 6.07) is 12.7. The Morgan fingerprint density at radius 1 is 1.09 bits per heavy atom. The number of hydrogen-bond acceptors (Lipinski definition) is 5. The number of rotatable bonds is 5. The van der Waals surface area contributed by atoms with Crippen LogP contribution in [-0.2, 0) is 0 Å². The molecule has 2 heterocycles. The minimum absolute atomic E-state index is 0.178. The van der Waals surface area contributed by atoms with Gasteiger partial charge in [0.1, 0.15) is 11.5 Å². The topological polar surface area (TPSA) is 73.7 Å². The summed E-state index contributed by atoms with van der Waals surface area (Å²) < 4.78 is 26.3. The van der Waals surface area contributed by atoms with Gasteiger partial charge in [0, 0.05) is 18.3 Å². The van der Waals surface area contributed by atoms with E-state index < -0.39 is 17.2 Å². The van der Waals surface area contributed by atoms with E-state index in [4.69, 9.17) is 9.47 Å². The Hall–Kier alpha value is -3.68. The number of hydrogen-bond donors (Lipinski definition) is 0. The van der Waals surface area contributed by atoms with E-state index >= 15 is 0 Å². The van der Waals surface area contributed by atoms with Gasteiger partial charge in [-0.3, -0.25) is 9.59 Å². The summed E-state index contributed by atoms with van der Waals surface area (Å²) >= 11 is 0. The van der Waals surface area contributed by atoms with Gasteiger partial charge in [-0.15, -0.1) is 0 Å². The van der Waals surface area contributed by atoms with Crippen molar-refractivity contribution in [1.82, 2.24) is 14.7 Å². The monoisotopic (exact) mass is 437 g/mol. The van der Waals surface area contributed by atoms with Gasteiger partial charge in [0.25, 0.3) is 5.91 Å². The summed E-state index contributed by atoms with van der Waals surface area (Å²) in [4.78, 5) is 27.7. The van der Waals surface area contributed by atoms with Crippen LogP contribution in [0.2, 0.25) is 0 Å². The molecule has 1 aliphatic rings. The van der Waals surface area contributed by atoms with Gasteiger partial charge in [0.15, 0.2) is 17.2 Å². The number of aryl methyl sites for hydroxylation is 1. The average Bonchev–Trinajstić information content (AvgIpc) is 3.29. The molecule has 3 aromatic rings. The second-order valence-electron chi connectivity index (χ2n) is 7.63. The maximum absolute atomic E-state index is 14.3. The lowest BCUT2D eigenvalue weighted by molar-refractivity contribution is 0.0726. The first-order valence-corrected chi connectivity index (χ1v) is 10.3. The van der Waals surface area contributed by atoms with Gasteiger partial charge in [0.05, 0.1) is 20.3 Å². The van der Waals surface area contributed by atoms with Crippen LogP contribution < -0.4 is 14.9 Å². The molecule has 0 saturated carbocycles. The van der Waals surface area contributed by atoms with Crippen LogP contribution >= 0.6 is 0 Å². The molecule has 0 aliphatic carbocycles. The Balaban J connectivity index is 1.72. The zero-order chi connectivity index (χ0) is 22.8. The van der Waals surface area contributed by atoms with Gasteiger partial charge in [-0.25, -0.2) is 9.07 Å². The number of amides is 1. The van der Waals surface area contributed by atoms with Crippen molar-refractivity contribution in [2.45, 2.75) is 25.8 Å². The zero-order valence-corrected chi connectivity index (χ0v) is 18.2. The minimum atomic E-state index is -0.491. The molecule has 1 aromatic heterocycles. The van der Waals surface area contributed by atoms with E-state index in [1.165, 1.54) is 16.8 Å². The SMILES string of the molecule is COc1ccc([C@H]2CCCN2C(=O)c2nn(-c3ccccc3F)c(C)cc2=O)cc1OC. The van der Waals surface area contributed by atoms with E-state index in [-0.39, 0.29) is 17.4 Å². The highest BCUT2D eigenvalue weighted by Gasteiger charge is 2.33. The molecule has 0 radical (unpaired) electrons. The quantitative estimate of drug-likeness (QED) is 0.609. The standard InChI is InChI=1S/C24H24FN3O4/c1-15-13-20(29)23(26-28(15)19-8-5-4-7-17(19)25)24(30)27-12-6-9-18(27)16-10-11-21(31-2)22(14-16)32-3/h4-5,7-8,10-11,13-14,18H,6,9,12H2,1-3H3/t18-/m1/s1. The Labute approximate surface area is 185 Å². The van der Waals surface area contributed by atoms with E-state index in [0.29, 0.717) is 23.7 Å². The van der Waals surface area contributed by atoms with Crippen LogP contribution in [0.1, 0.15) is 40.6 Å². The van der Waals surface area contributed by atoms with E-state index in [1.54, 1.807) is 50.3 Å². The van der Waals surface area contributed by atoms with Crippen molar-refractivity contribution in [1.29, 1.82) is 0 Å². The Kier molecular flexibility index (Phi) is 5.94. The molecule has 0 N–H and O–H groups in total. The number of aromatic nitrogens is 2. The highest BCUT2D eigenvalue weighted by Crippen LogP contribution is 2.37. The first-order valence-electron chi connectivity index (χ1n) is 10.3. The first kappa shape index (κ1) is 21.5. The van der Waals surface area contributed by atoms with Crippen LogP contribution in [0, 0.1) is 12.7 Å². The number of para-hydroxylation sites is 1. The number of halogens is 1. The molecular weight excluding hydrogens is 413 g/mol. The summed E-state index contributed by atoms with van der Waals surface area (Å²) in [6.07, 6.45) is 1.53. The first-order chi connectivity index (χ1) is 15.4. The molecule has 32 heavy (non-hydrogen) atoms. The molecule has 7 nitrogen and oxygen atoms in total. The van der Waals surface area contributed by atoms with Crippen molar-refractivity contribution in [2.24, 2.45) is 0 Å². The zero-order valence-electron chi connectivity index (χ0n) is 18.2. The van der Waals surface area contributed by atoms with Gasteiger partial charge in [-0.2, -0.15) is 5.10 Å². The fourth-order valence-corrected chi connectivity index (χ4v) is 4.12. The lowest BCUT2D eigenvalue weighted by Crippen LogP contribution is -2.36. The third-order valence-corrected chi connectivity index (χ3v) is 5.70. The van der Waals surface area contributed by atoms with Gasteiger partial charge in [0.2, 0.25) is 5.43 Å². The van der Waals surface area contributed by atoms with Crippen LogP contribution in [-0.4, -0.2) is 41.4 Å². The summed E-state index contributed by atoms with van der Waals surface area (Å²) in [5.74, 6) is 0.201. The number of carbonyl (C=O) groups is 1. The number of carbonyl (C=O) groups excluding carboxylic acids is 1. The van der Waals surface area contributed by atoms with Gasteiger partial charge >= 0.3 is 0 Å². The van der Waals surface area contributed by atoms with Crippen molar-refractivity contribution < 1.29 is 18.7 Å². The number of ether oxygens (including phenoxy) is 2.